The second-order valence-corrected chi connectivity index (χ2v) is 7.01. The van der Waals surface area contributed by atoms with E-state index in [0.29, 0.717) is 5.56 Å². The van der Waals surface area contributed by atoms with Gasteiger partial charge in [-0.05, 0) is 42.0 Å². The van der Waals surface area contributed by atoms with Gasteiger partial charge in [0.1, 0.15) is 17.5 Å². The predicted octanol–water partition coefficient (Wildman–Crippen LogP) is 3.07. The van der Waals surface area contributed by atoms with Crippen LogP contribution in [0.25, 0.3) is 0 Å². The monoisotopic (exact) mass is 490 g/mol. The number of aliphatic hydroxyl groups is 1. The third-order valence-corrected chi connectivity index (χ3v) is 4.39. The molecule has 2 rings (SSSR count). The molecule has 34 heavy (non-hydrogen) atoms. The zero-order chi connectivity index (χ0) is 25.1. The van der Waals surface area contributed by atoms with Crippen molar-refractivity contribution in [1.29, 1.82) is 0 Å². The van der Waals surface area contributed by atoms with E-state index in [1.807, 2.05) is 0 Å². The Hall–Kier alpha value is -3.41. The maximum absolute atomic E-state index is 12.6. The minimum atomic E-state index is -4.35. The quantitative estimate of drug-likeness (QED) is 0.398. The Kier molecular flexibility index (Phi) is 10.0. The van der Waals surface area contributed by atoms with Gasteiger partial charge in [-0.1, -0.05) is 12.1 Å². The summed E-state index contributed by atoms with van der Waals surface area (Å²) in [4.78, 5) is 25.1. The first-order valence-electron chi connectivity index (χ1n) is 10.1. The van der Waals surface area contributed by atoms with Gasteiger partial charge in [0.2, 0.25) is 5.91 Å². The second-order valence-electron chi connectivity index (χ2n) is 7.01. The van der Waals surface area contributed by atoms with Crippen molar-refractivity contribution in [1.82, 2.24) is 10.6 Å². The van der Waals surface area contributed by atoms with Crippen LogP contribution in [-0.4, -0.2) is 55.5 Å². The Balaban J connectivity index is 2.04. The minimum Gasteiger partial charge on any atom is -0.493 e. The molecule has 3 N–H and O–H groups in total. The van der Waals surface area contributed by atoms with Crippen molar-refractivity contribution in [2.75, 3.05) is 19.8 Å². The van der Waals surface area contributed by atoms with E-state index in [4.69, 9.17) is 9.84 Å². The molecule has 0 spiro atoms. The number of hydrogen-bond donors (Lipinski definition) is 3. The normalized spacial score (nSPS) is 12.2. The summed E-state index contributed by atoms with van der Waals surface area (Å²) in [6.07, 6.45) is -5.45. The number of hydrogen-bond acceptors (Lipinski definition) is 5. The summed E-state index contributed by atoms with van der Waals surface area (Å²) in [5, 5.41) is 13.9. The van der Waals surface area contributed by atoms with Crippen LogP contribution in [0.1, 0.15) is 22.3 Å². The average Bonchev–Trinajstić information content (AvgIpc) is 2.77. The lowest BCUT2D eigenvalue weighted by Crippen LogP contribution is -2.48. The molecule has 0 heterocycles. The van der Waals surface area contributed by atoms with E-state index >= 15 is 0 Å². The molecule has 0 saturated carbocycles. The third kappa shape index (κ3) is 9.61. The van der Waals surface area contributed by atoms with Crippen LogP contribution in [0.2, 0.25) is 0 Å². The Labute approximate surface area is 191 Å². The van der Waals surface area contributed by atoms with E-state index in [9.17, 15) is 31.5 Å². The van der Waals surface area contributed by atoms with Crippen LogP contribution in [0.5, 0.6) is 11.5 Å². The molecule has 12 heteroatoms. The molecule has 0 saturated heterocycles. The molecule has 0 unspecified atom stereocenters. The van der Waals surface area contributed by atoms with Crippen LogP contribution in [0.15, 0.2) is 48.5 Å². The van der Waals surface area contributed by atoms with E-state index in [-0.39, 0.29) is 36.6 Å². The van der Waals surface area contributed by atoms with E-state index in [2.05, 4.69) is 15.4 Å². The smallest absolute Gasteiger partial charge is 0.392 e. The number of carbonyl (C=O) groups is 2. The van der Waals surface area contributed by atoms with Gasteiger partial charge < -0.3 is 25.2 Å². The lowest BCUT2D eigenvalue weighted by Gasteiger charge is -2.19. The van der Waals surface area contributed by atoms with Gasteiger partial charge in [0.05, 0.1) is 19.6 Å². The number of ether oxygens (including phenoxy) is 2. The molecule has 0 radical (unpaired) electrons. The van der Waals surface area contributed by atoms with Gasteiger partial charge in [-0.15, -0.1) is 0 Å². The molecular formula is C22H23F5N2O5. The summed E-state index contributed by atoms with van der Waals surface area (Å²) >= 11 is 0. The zero-order valence-corrected chi connectivity index (χ0v) is 17.8. The van der Waals surface area contributed by atoms with Gasteiger partial charge in [0, 0.05) is 18.5 Å². The van der Waals surface area contributed by atoms with E-state index < -0.39 is 43.7 Å². The van der Waals surface area contributed by atoms with Crippen LogP contribution < -0.4 is 20.1 Å². The lowest BCUT2D eigenvalue weighted by molar-refractivity contribution is -0.139. The molecule has 2 amide bonds. The SMILES string of the molecule is O=C(N[C@@H](Cc1ccc(OC(F)F)cc1)C(=O)NCCO)c1ccc(OCCC(F)(F)F)cc1. The minimum absolute atomic E-state index is 0.0105. The summed E-state index contributed by atoms with van der Waals surface area (Å²) in [6, 6.07) is 9.76. The number of rotatable bonds is 12. The lowest BCUT2D eigenvalue weighted by atomic mass is 10.0. The fraction of sp³-hybridized carbons (Fsp3) is 0.364. The first kappa shape index (κ1) is 26.8. The molecule has 0 fully saturated rings. The zero-order valence-electron chi connectivity index (χ0n) is 17.8. The highest BCUT2D eigenvalue weighted by Gasteiger charge is 2.27. The number of halogens is 5. The Morgan fingerprint density at radius 1 is 0.971 bits per heavy atom. The number of carbonyl (C=O) groups excluding carboxylic acids is 2. The topological polar surface area (TPSA) is 96.9 Å². The van der Waals surface area contributed by atoms with Gasteiger partial charge >= 0.3 is 12.8 Å². The van der Waals surface area contributed by atoms with Crippen molar-refractivity contribution in [2.45, 2.75) is 31.7 Å². The molecule has 7 nitrogen and oxygen atoms in total. The maximum atomic E-state index is 12.6. The van der Waals surface area contributed by atoms with Crippen LogP contribution in [-0.2, 0) is 11.2 Å². The van der Waals surface area contributed by atoms with Crippen LogP contribution in [0, 0.1) is 0 Å². The highest BCUT2D eigenvalue weighted by atomic mass is 19.4. The predicted molar refractivity (Wildman–Crippen MR) is 111 cm³/mol. The highest BCUT2D eigenvalue weighted by Crippen LogP contribution is 2.21. The number of amides is 2. The van der Waals surface area contributed by atoms with Gasteiger partial charge in [-0.2, -0.15) is 22.0 Å². The van der Waals surface area contributed by atoms with Crippen LogP contribution in [0.3, 0.4) is 0 Å². The Bertz CT molecular complexity index is 921. The Morgan fingerprint density at radius 2 is 1.59 bits per heavy atom. The van der Waals surface area contributed by atoms with Crippen LogP contribution in [0.4, 0.5) is 22.0 Å². The number of aliphatic hydroxyl groups excluding tert-OH is 1. The van der Waals surface area contributed by atoms with Crippen molar-refractivity contribution >= 4 is 11.8 Å². The molecule has 2 aromatic carbocycles. The van der Waals surface area contributed by atoms with Crippen molar-refractivity contribution in [3.63, 3.8) is 0 Å². The molecule has 0 aliphatic heterocycles. The van der Waals surface area contributed by atoms with Crippen LogP contribution >= 0.6 is 0 Å². The standard InChI is InChI=1S/C22H23F5N2O5/c23-21(24)34-17-5-1-14(2-6-17)13-18(20(32)28-10-11-30)29-19(31)15-3-7-16(8-4-15)33-12-9-22(25,26)27/h1-8,18,21,30H,9-13H2,(H,28,32)(H,29,31)/t18-/m0/s1. The summed E-state index contributed by atoms with van der Waals surface area (Å²) in [7, 11) is 0. The summed E-state index contributed by atoms with van der Waals surface area (Å²) in [5.41, 5.74) is 0.670. The van der Waals surface area contributed by atoms with E-state index in [1.54, 1.807) is 0 Å². The molecule has 1 atom stereocenters. The molecule has 0 aliphatic rings. The van der Waals surface area contributed by atoms with Crippen molar-refractivity contribution in [3.05, 3.63) is 59.7 Å². The molecule has 186 valence electrons. The average molecular weight is 490 g/mol. The summed E-state index contributed by atoms with van der Waals surface area (Å²) < 4.78 is 70.5. The Morgan fingerprint density at radius 3 is 2.15 bits per heavy atom. The van der Waals surface area contributed by atoms with Gasteiger partial charge in [-0.3, -0.25) is 9.59 Å². The molecule has 0 aliphatic carbocycles. The van der Waals surface area contributed by atoms with Gasteiger partial charge in [0.25, 0.3) is 5.91 Å². The fourth-order valence-electron chi connectivity index (χ4n) is 2.78. The molecule has 0 bridgehead atoms. The summed E-state index contributed by atoms with van der Waals surface area (Å²) in [5.74, 6) is -1.14. The van der Waals surface area contributed by atoms with Gasteiger partial charge in [0.15, 0.2) is 0 Å². The first-order valence-corrected chi connectivity index (χ1v) is 10.1. The fourth-order valence-corrected chi connectivity index (χ4v) is 2.78. The first-order chi connectivity index (χ1) is 16.1. The highest BCUT2D eigenvalue weighted by molar-refractivity contribution is 5.97. The number of benzene rings is 2. The largest absolute Gasteiger partial charge is 0.493 e. The molecule has 2 aromatic rings. The van der Waals surface area contributed by atoms with E-state index in [0.717, 1.165) is 0 Å². The summed E-state index contributed by atoms with van der Waals surface area (Å²) in [6.45, 7) is -3.91. The number of alkyl halides is 5. The molecular weight excluding hydrogens is 467 g/mol. The van der Waals surface area contributed by atoms with Gasteiger partial charge in [-0.25, -0.2) is 0 Å². The molecule has 0 aromatic heterocycles. The third-order valence-electron chi connectivity index (χ3n) is 4.39. The van der Waals surface area contributed by atoms with Crippen molar-refractivity contribution in [2.24, 2.45) is 0 Å². The number of nitrogens with one attached hydrogen (secondary N) is 2. The maximum Gasteiger partial charge on any atom is 0.392 e. The van der Waals surface area contributed by atoms with Crippen molar-refractivity contribution < 1.29 is 46.1 Å². The van der Waals surface area contributed by atoms with E-state index in [1.165, 1.54) is 48.5 Å². The second kappa shape index (κ2) is 12.7. The van der Waals surface area contributed by atoms with Crippen molar-refractivity contribution in [3.8, 4) is 11.5 Å².